The maximum atomic E-state index is 9.69. The molecule has 3 aromatic heterocycles. The molecule has 2 aliphatic rings. The Morgan fingerprint density at radius 2 is 2.07 bits per heavy atom. The van der Waals surface area contributed by atoms with Crippen molar-refractivity contribution in [1.29, 1.82) is 5.26 Å². The van der Waals surface area contributed by atoms with Gasteiger partial charge >= 0.3 is 0 Å². The van der Waals surface area contributed by atoms with E-state index in [0.717, 1.165) is 59.8 Å². The van der Waals surface area contributed by atoms with E-state index >= 15 is 0 Å². The van der Waals surface area contributed by atoms with Gasteiger partial charge in [-0.15, -0.1) is 0 Å². The van der Waals surface area contributed by atoms with Crippen LogP contribution in [0.3, 0.4) is 0 Å². The minimum absolute atomic E-state index is 0.331. The van der Waals surface area contributed by atoms with Crippen LogP contribution in [0.4, 0.5) is 11.6 Å². The van der Waals surface area contributed by atoms with Crippen molar-refractivity contribution < 1.29 is 0 Å². The summed E-state index contributed by atoms with van der Waals surface area (Å²) in [7, 11) is 0. The number of pyridine rings is 1. The average Bonchev–Trinajstić information content (AvgIpc) is 3.18. The molecule has 5 rings (SSSR count). The van der Waals surface area contributed by atoms with E-state index in [1.807, 2.05) is 18.0 Å². The Morgan fingerprint density at radius 3 is 2.89 bits per heavy atom. The highest BCUT2D eigenvalue weighted by atomic mass is 32.2. The molecule has 8 heteroatoms. The van der Waals surface area contributed by atoms with E-state index in [1.165, 1.54) is 0 Å². The number of hydrogen-bond acceptors (Lipinski definition) is 7. The van der Waals surface area contributed by atoms with E-state index in [9.17, 15) is 5.26 Å². The average molecular weight is 389 g/mol. The number of rotatable bonds is 2. The minimum atomic E-state index is 0.331. The van der Waals surface area contributed by atoms with E-state index in [0.29, 0.717) is 22.8 Å². The molecule has 0 amide bonds. The smallest absolute Gasteiger partial charge is 0.167 e. The number of fused-ring (bicyclic) bond motifs is 2. The molecule has 1 saturated heterocycles. The van der Waals surface area contributed by atoms with Crippen LogP contribution >= 0.6 is 11.8 Å². The number of nitrogens with two attached hydrogens (primary N) is 1. The summed E-state index contributed by atoms with van der Waals surface area (Å²) >= 11 is 1.91. The van der Waals surface area contributed by atoms with Crippen molar-refractivity contribution in [2.45, 2.75) is 12.8 Å². The van der Waals surface area contributed by atoms with Crippen molar-refractivity contribution in [3.8, 4) is 17.2 Å². The summed E-state index contributed by atoms with van der Waals surface area (Å²) < 4.78 is 1.56. The van der Waals surface area contributed by atoms with Gasteiger partial charge in [-0.3, -0.25) is 4.98 Å². The standard InChI is InChI=1S/C20H19N7S/c21-10-15-18(22)27-20(25-19(15)26-5-7-28-8-6-26)16(12-24-27)14-9-13-3-1-2-4-17(13)23-11-14/h1,3,9,11-12H,2,4-8,22H2. The van der Waals surface area contributed by atoms with Crippen molar-refractivity contribution in [1.82, 2.24) is 19.6 Å². The van der Waals surface area contributed by atoms with Crippen LogP contribution in [-0.2, 0) is 6.42 Å². The molecule has 0 atom stereocenters. The molecule has 3 aromatic rings. The van der Waals surface area contributed by atoms with Crippen LogP contribution in [0, 0.1) is 11.3 Å². The van der Waals surface area contributed by atoms with Gasteiger partial charge in [0.15, 0.2) is 11.5 Å². The first-order chi connectivity index (χ1) is 13.8. The number of aromatic nitrogens is 4. The van der Waals surface area contributed by atoms with Gasteiger partial charge in [-0.1, -0.05) is 12.2 Å². The summed E-state index contributed by atoms with van der Waals surface area (Å²) in [4.78, 5) is 11.6. The predicted molar refractivity (Wildman–Crippen MR) is 112 cm³/mol. The Balaban J connectivity index is 1.68. The van der Waals surface area contributed by atoms with Crippen LogP contribution < -0.4 is 10.6 Å². The second-order valence-corrected chi connectivity index (χ2v) is 8.13. The molecule has 2 N–H and O–H groups in total. The largest absolute Gasteiger partial charge is 0.382 e. The molecule has 0 aromatic carbocycles. The van der Waals surface area contributed by atoms with Crippen molar-refractivity contribution in [2.75, 3.05) is 35.2 Å². The lowest BCUT2D eigenvalue weighted by molar-refractivity contribution is 0.830. The van der Waals surface area contributed by atoms with Crippen LogP contribution in [0.1, 0.15) is 23.2 Å². The lowest BCUT2D eigenvalue weighted by atomic mass is 10.00. The van der Waals surface area contributed by atoms with Gasteiger partial charge in [0.2, 0.25) is 0 Å². The molecule has 0 bridgehead atoms. The third kappa shape index (κ3) is 2.70. The Labute approximate surface area is 166 Å². The van der Waals surface area contributed by atoms with Crippen molar-refractivity contribution in [3.05, 3.63) is 41.4 Å². The molecule has 1 aliphatic heterocycles. The first-order valence-electron chi connectivity index (χ1n) is 9.32. The zero-order chi connectivity index (χ0) is 19.1. The fourth-order valence-electron chi connectivity index (χ4n) is 3.76. The zero-order valence-corrected chi connectivity index (χ0v) is 16.1. The number of hydrogen-bond donors (Lipinski definition) is 1. The third-order valence-corrected chi connectivity index (χ3v) is 6.19. The Kier molecular flexibility index (Phi) is 4.17. The molecule has 0 spiro atoms. The number of thioether (sulfide) groups is 1. The summed E-state index contributed by atoms with van der Waals surface area (Å²) in [6.07, 6.45) is 9.92. The van der Waals surface area contributed by atoms with Gasteiger partial charge < -0.3 is 10.6 Å². The molecular formula is C20H19N7S. The monoisotopic (exact) mass is 389 g/mol. The Hall–Kier alpha value is -3.05. The highest BCUT2D eigenvalue weighted by Gasteiger charge is 2.23. The van der Waals surface area contributed by atoms with Gasteiger partial charge in [-0.05, 0) is 24.5 Å². The molecular weight excluding hydrogens is 370 g/mol. The normalized spacial score (nSPS) is 16.2. The molecule has 7 nitrogen and oxygen atoms in total. The van der Waals surface area contributed by atoms with E-state index in [2.05, 4.69) is 39.3 Å². The fraction of sp³-hybridized carbons (Fsp3) is 0.300. The number of aryl methyl sites for hydroxylation is 1. The van der Waals surface area contributed by atoms with Crippen LogP contribution in [0.25, 0.3) is 22.9 Å². The second-order valence-electron chi connectivity index (χ2n) is 6.90. The highest BCUT2D eigenvalue weighted by Crippen LogP contribution is 2.32. The van der Waals surface area contributed by atoms with Crippen molar-refractivity contribution >= 4 is 35.1 Å². The van der Waals surface area contributed by atoms with E-state index in [1.54, 1.807) is 10.7 Å². The molecule has 4 heterocycles. The third-order valence-electron chi connectivity index (χ3n) is 5.25. The summed E-state index contributed by atoms with van der Waals surface area (Å²) in [5.41, 5.74) is 11.5. The molecule has 140 valence electrons. The molecule has 1 aliphatic carbocycles. The van der Waals surface area contributed by atoms with Crippen LogP contribution in [0.5, 0.6) is 0 Å². The number of anilines is 2. The molecule has 0 unspecified atom stereocenters. The first-order valence-corrected chi connectivity index (χ1v) is 10.5. The SMILES string of the molecule is N#Cc1c(N2CCSCC2)nc2c(-c3cnc4c(c3)C=CCC4)cnn2c1N. The number of nitrogens with zero attached hydrogens (tertiary/aromatic N) is 6. The second kappa shape index (κ2) is 6.84. The van der Waals surface area contributed by atoms with E-state index in [4.69, 9.17) is 10.7 Å². The Morgan fingerprint density at radius 1 is 1.21 bits per heavy atom. The summed E-state index contributed by atoms with van der Waals surface area (Å²) in [5, 5.41) is 14.1. The van der Waals surface area contributed by atoms with Gasteiger partial charge in [-0.25, -0.2) is 4.98 Å². The number of nitrogen functional groups attached to an aromatic ring is 1. The fourth-order valence-corrected chi connectivity index (χ4v) is 4.66. The summed E-state index contributed by atoms with van der Waals surface area (Å²) in [5.74, 6) is 3.02. The van der Waals surface area contributed by atoms with Crippen LogP contribution in [0.2, 0.25) is 0 Å². The lowest BCUT2D eigenvalue weighted by Gasteiger charge is -2.28. The predicted octanol–water partition coefficient (Wildman–Crippen LogP) is 2.76. The van der Waals surface area contributed by atoms with E-state index in [-0.39, 0.29) is 0 Å². The maximum Gasteiger partial charge on any atom is 0.167 e. The quantitative estimate of drug-likeness (QED) is 0.720. The highest BCUT2D eigenvalue weighted by molar-refractivity contribution is 7.99. The molecule has 1 fully saturated rings. The van der Waals surface area contributed by atoms with Crippen molar-refractivity contribution in [3.63, 3.8) is 0 Å². The van der Waals surface area contributed by atoms with Gasteiger partial charge in [0.05, 0.1) is 6.20 Å². The number of allylic oxidation sites excluding steroid dienone is 1. The summed E-state index contributed by atoms with van der Waals surface area (Å²) in [6, 6.07) is 4.35. The molecule has 28 heavy (non-hydrogen) atoms. The van der Waals surface area contributed by atoms with Crippen molar-refractivity contribution in [2.24, 2.45) is 0 Å². The topological polar surface area (TPSA) is 96.1 Å². The van der Waals surface area contributed by atoms with Crippen LogP contribution in [0.15, 0.2) is 24.5 Å². The van der Waals surface area contributed by atoms with Gasteiger partial charge in [0.1, 0.15) is 17.5 Å². The van der Waals surface area contributed by atoms with Crippen LogP contribution in [-0.4, -0.2) is 44.2 Å². The Bertz CT molecular complexity index is 1140. The molecule has 0 radical (unpaired) electrons. The maximum absolute atomic E-state index is 9.69. The minimum Gasteiger partial charge on any atom is -0.382 e. The molecule has 0 saturated carbocycles. The zero-order valence-electron chi connectivity index (χ0n) is 15.3. The van der Waals surface area contributed by atoms with Gasteiger partial charge in [0, 0.05) is 47.6 Å². The summed E-state index contributed by atoms with van der Waals surface area (Å²) in [6.45, 7) is 1.72. The van der Waals surface area contributed by atoms with Gasteiger partial charge in [-0.2, -0.15) is 26.6 Å². The van der Waals surface area contributed by atoms with Gasteiger partial charge in [0.25, 0.3) is 0 Å². The lowest BCUT2D eigenvalue weighted by Crippen LogP contribution is -2.34. The number of nitriles is 1. The van der Waals surface area contributed by atoms with E-state index < -0.39 is 0 Å². The first kappa shape index (κ1) is 17.1.